The van der Waals surface area contributed by atoms with Crippen LogP contribution in [-0.2, 0) is 23.2 Å². The zero-order chi connectivity index (χ0) is 26.4. The molecule has 0 saturated heterocycles. The molecule has 0 heterocycles. The molecule has 0 spiro atoms. The molecule has 0 radical (unpaired) electrons. The predicted molar refractivity (Wildman–Crippen MR) is 137 cm³/mol. The largest absolute Gasteiger partial charge is 0.379 e. The van der Waals surface area contributed by atoms with Gasteiger partial charge in [-0.2, -0.15) is 8.42 Å². The minimum absolute atomic E-state index is 0.0715. The van der Waals surface area contributed by atoms with Gasteiger partial charge in [-0.05, 0) is 78.7 Å². The summed E-state index contributed by atoms with van der Waals surface area (Å²) in [6.07, 6.45) is 0. The first kappa shape index (κ1) is 25.8. The van der Waals surface area contributed by atoms with Crippen LogP contribution < -0.4 is 9.50 Å². The number of carbonyl (C=O) groups excluding carboxylic acids is 1. The zero-order valence-electron chi connectivity index (χ0n) is 19.9. The van der Waals surface area contributed by atoms with Crippen LogP contribution in [0.2, 0.25) is 0 Å². The summed E-state index contributed by atoms with van der Waals surface area (Å²) in [7, 11) is -4.13. The van der Waals surface area contributed by atoms with Crippen molar-refractivity contribution in [3.05, 3.63) is 125 Å². The summed E-state index contributed by atoms with van der Waals surface area (Å²) < 4.78 is 56.5. The van der Waals surface area contributed by atoms with Gasteiger partial charge in [-0.3, -0.25) is 0 Å². The Morgan fingerprint density at radius 1 is 0.757 bits per heavy atom. The minimum Gasteiger partial charge on any atom is -0.379 e. The number of urea groups is 1. The molecule has 0 atom stereocenters. The third-order valence-electron chi connectivity index (χ3n) is 5.48. The average molecular weight is 523 g/mol. The lowest BCUT2D eigenvalue weighted by Gasteiger charge is -2.24. The van der Waals surface area contributed by atoms with Gasteiger partial charge in [-0.1, -0.05) is 42.0 Å². The Morgan fingerprint density at radius 2 is 1.24 bits per heavy atom. The number of hydrogen-bond donors (Lipinski definition) is 1. The van der Waals surface area contributed by atoms with Crippen molar-refractivity contribution in [1.29, 1.82) is 0 Å². The summed E-state index contributed by atoms with van der Waals surface area (Å²) in [4.78, 5) is 14.5. The highest BCUT2D eigenvalue weighted by atomic mass is 32.2. The van der Waals surface area contributed by atoms with Crippen LogP contribution in [0, 0.1) is 18.6 Å². The molecule has 9 heteroatoms. The number of nitrogens with zero attached hydrogens (tertiary/aromatic N) is 1. The fourth-order valence-corrected chi connectivity index (χ4v) is 4.43. The second kappa shape index (κ2) is 11.2. The van der Waals surface area contributed by atoms with Crippen molar-refractivity contribution in [1.82, 2.24) is 4.90 Å². The number of halogens is 2. The molecule has 0 aliphatic rings. The van der Waals surface area contributed by atoms with Gasteiger partial charge in [0.2, 0.25) is 0 Å². The van der Waals surface area contributed by atoms with Gasteiger partial charge >= 0.3 is 16.1 Å². The van der Waals surface area contributed by atoms with Crippen LogP contribution in [0.3, 0.4) is 0 Å². The standard InChI is InChI=1S/C28H24F2N2O4S/c1-20-2-12-25(13-3-20)31-28(33)32(18-21-4-8-23(29)9-5-21)19-22-6-14-26(15-7-22)36-37(34,35)27-16-10-24(30)11-17-27/h2-17H,18-19H2,1H3,(H,31,33). The lowest BCUT2D eigenvalue weighted by atomic mass is 10.1. The number of hydrogen-bond acceptors (Lipinski definition) is 4. The summed E-state index contributed by atoms with van der Waals surface area (Å²) in [6, 6.07) is 23.5. The maximum Gasteiger partial charge on any atom is 0.339 e. The van der Waals surface area contributed by atoms with E-state index in [9.17, 15) is 22.0 Å². The maximum atomic E-state index is 13.4. The van der Waals surface area contributed by atoms with Crippen LogP contribution in [0.1, 0.15) is 16.7 Å². The molecular formula is C28H24F2N2O4S. The summed E-state index contributed by atoms with van der Waals surface area (Å²) in [5, 5.41) is 2.87. The van der Waals surface area contributed by atoms with E-state index >= 15 is 0 Å². The van der Waals surface area contributed by atoms with Gasteiger partial charge in [-0.15, -0.1) is 0 Å². The summed E-state index contributed by atoms with van der Waals surface area (Å²) in [6.45, 7) is 2.36. The monoisotopic (exact) mass is 522 g/mol. The zero-order valence-corrected chi connectivity index (χ0v) is 20.7. The van der Waals surface area contributed by atoms with Crippen LogP contribution in [-0.4, -0.2) is 19.3 Å². The van der Waals surface area contributed by atoms with Crippen LogP contribution in [0.4, 0.5) is 19.3 Å². The first-order valence-electron chi connectivity index (χ1n) is 11.3. The molecule has 4 aromatic carbocycles. The molecule has 6 nitrogen and oxygen atoms in total. The van der Waals surface area contributed by atoms with E-state index < -0.39 is 15.9 Å². The smallest absolute Gasteiger partial charge is 0.339 e. The normalized spacial score (nSPS) is 11.1. The lowest BCUT2D eigenvalue weighted by molar-refractivity contribution is 0.206. The van der Waals surface area contributed by atoms with Crippen molar-refractivity contribution < 1.29 is 26.2 Å². The number of nitrogens with one attached hydrogen (secondary N) is 1. The molecule has 0 aliphatic heterocycles. The van der Waals surface area contributed by atoms with E-state index in [4.69, 9.17) is 4.18 Å². The highest BCUT2D eigenvalue weighted by Crippen LogP contribution is 2.21. The van der Waals surface area contributed by atoms with Crippen LogP contribution in [0.15, 0.2) is 102 Å². The molecule has 190 valence electrons. The third kappa shape index (κ3) is 7.14. The number of aryl methyl sites for hydroxylation is 1. The van der Waals surface area contributed by atoms with Gasteiger partial charge in [0.15, 0.2) is 0 Å². The fraction of sp³-hybridized carbons (Fsp3) is 0.107. The van der Waals surface area contributed by atoms with Gasteiger partial charge in [0, 0.05) is 18.8 Å². The molecule has 0 unspecified atom stereocenters. The van der Waals surface area contributed by atoms with Gasteiger partial charge in [0.1, 0.15) is 22.3 Å². The van der Waals surface area contributed by atoms with Crippen LogP contribution >= 0.6 is 0 Å². The molecule has 4 aromatic rings. The SMILES string of the molecule is Cc1ccc(NC(=O)N(Cc2ccc(F)cc2)Cc2ccc(OS(=O)(=O)c3ccc(F)cc3)cc2)cc1. The molecule has 2 amide bonds. The van der Waals surface area contributed by atoms with Gasteiger partial charge in [-0.25, -0.2) is 13.6 Å². The van der Waals surface area contributed by atoms with E-state index in [1.54, 1.807) is 41.3 Å². The Labute approximate surface area is 214 Å². The second-order valence-electron chi connectivity index (χ2n) is 8.41. The predicted octanol–water partition coefficient (Wildman–Crippen LogP) is 6.28. The van der Waals surface area contributed by atoms with Crippen molar-refractivity contribution in [3.8, 4) is 5.75 Å². The van der Waals surface area contributed by atoms with E-state index in [1.165, 1.54) is 24.3 Å². The highest BCUT2D eigenvalue weighted by molar-refractivity contribution is 7.87. The summed E-state index contributed by atoms with van der Waals surface area (Å²) in [5.74, 6) is -0.854. The molecular weight excluding hydrogens is 498 g/mol. The minimum atomic E-state index is -4.13. The Kier molecular flexibility index (Phi) is 7.83. The van der Waals surface area contributed by atoms with Crippen molar-refractivity contribution in [2.75, 3.05) is 5.32 Å². The first-order chi connectivity index (χ1) is 17.7. The van der Waals surface area contributed by atoms with E-state index in [1.807, 2.05) is 19.1 Å². The molecule has 4 rings (SSSR count). The quantitative estimate of drug-likeness (QED) is 0.277. The van der Waals surface area contributed by atoms with Crippen molar-refractivity contribution in [2.45, 2.75) is 24.9 Å². The van der Waals surface area contributed by atoms with Crippen LogP contribution in [0.25, 0.3) is 0 Å². The van der Waals surface area contributed by atoms with E-state index in [0.717, 1.165) is 35.4 Å². The van der Waals surface area contributed by atoms with E-state index in [-0.39, 0.29) is 35.6 Å². The van der Waals surface area contributed by atoms with Crippen molar-refractivity contribution in [2.24, 2.45) is 0 Å². The topological polar surface area (TPSA) is 75.7 Å². The molecule has 0 bridgehead atoms. The number of amides is 2. The summed E-state index contributed by atoms with van der Waals surface area (Å²) in [5.41, 5.74) is 3.15. The van der Waals surface area contributed by atoms with E-state index in [0.29, 0.717) is 11.3 Å². The number of carbonyl (C=O) groups is 1. The van der Waals surface area contributed by atoms with Crippen molar-refractivity contribution in [3.63, 3.8) is 0 Å². The molecule has 0 aliphatic carbocycles. The lowest BCUT2D eigenvalue weighted by Crippen LogP contribution is -2.34. The van der Waals surface area contributed by atoms with Gasteiger partial charge in [0.05, 0.1) is 0 Å². The first-order valence-corrected chi connectivity index (χ1v) is 12.7. The molecule has 0 saturated carbocycles. The molecule has 37 heavy (non-hydrogen) atoms. The number of anilines is 1. The van der Waals surface area contributed by atoms with Gasteiger partial charge in [0.25, 0.3) is 0 Å². The highest BCUT2D eigenvalue weighted by Gasteiger charge is 2.18. The second-order valence-corrected chi connectivity index (χ2v) is 9.96. The Hall–Kier alpha value is -4.24. The molecule has 0 aromatic heterocycles. The van der Waals surface area contributed by atoms with E-state index in [2.05, 4.69) is 5.32 Å². The van der Waals surface area contributed by atoms with Gasteiger partial charge < -0.3 is 14.4 Å². The third-order valence-corrected chi connectivity index (χ3v) is 6.74. The molecule has 1 N–H and O–H groups in total. The molecule has 0 fully saturated rings. The average Bonchev–Trinajstić information content (AvgIpc) is 2.87. The Morgan fingerprint density at radius 3 is 1.78 bits per heavy atom. The number of rotatable bonds is 8. The Bertz CT molecular complexity index is 1460. The maximum absolute atomic E-state index is 13.4. The number of benzene rings is 4. The Balaban J connectivity index is 1.49. The van der Waals surface area contributed by atoms with Crippen molar-refractivity contribution >= 4 is 21.8 Å². The van der Waals surface area contributed by atoms with Crippen LogP contribution in [0.5, 0.6) is 5.75 Å². The fourth-order valence-electron chi connectivity index (χ4n) is 3.50. The summed E-state index contributed by atoms with van der Waals surface area (Å²) >= 11 is 0.